The molecule has 2 N–H and O–H groups in total. The highest BCUT2D eigenvalue weighted by Crippen LogP contribution is 2.34. The standard InChI is InChI=1S/C28H43N3O5/c1-28(2,3)36-27(33)30-15-13-20(14-16-30)19-35-25-11-9-22(10-12-25)21-5-7-23(8-6-21)26(32)31-17-24(18-31)29-34-4/h5,9-12,20,23,26-27,32-33H,6-8,13-19H2,1-4H3. The summed E-state index contributed by atoms with van der Waals surface area (Å²) in [4.78, 5) is 8.86. The van der Waals surface area contributed by atoms with Gasteiger partial charge in [0, 0.05) is 32.1 Å². The topological polar surface area (TPSA) is 87.0 Å². The van der Waals surface area contributed by atoms with Crippen molar-refractivity contribution in [3.8, 4) is 5.75 Å². The Morgan fingerprint density at radius 2 is 1.72 bits per heavy atom. The second kappa shape index (κ2) is 12.0. The molecule has 2 fully saturated rings. The average molecular weight is 502 g/mol. The van der Waals surface area contributed by atoms with Gasteiger partial charge in [-0.1, -0.05) is 23.4 Å². The van der Waals surface area contributed by atoms with Gasteiger partial charge < -0.3 is 24.5 Å². The van der Waals surface area contributed by atoms with Crippen molar-refractivity contribution in [2.75, 3.05) is 39.9 Å². The summed E-state index contributed by atoms with van der Waals surface area (Å²) in [5.41, 5.74) is 3.20. The summed E-state index contributed by atoms with van der Waals surface area (Å²) >= 11 is 0. The monoisotopic (exact) mass is 501 g/mol. The number of oxime groups is 1. The van der Waals surface area contributed by atoms with E-state index in [4.69, 9.17) is 14.3 Å². The highest BCUT2D eigenvalue weighted by atomic mass is 16.6. The molecule has 0 radical (unpaired) electrons. The molecule has 2 saturated heterocycles. The van der Waals surface area contributed by atoms with E-state index in [1.165, 1.54) is 11.1 Å². The molecule has 0 bridgehead atoms. The summed E-state index contributed by atoms with van der Waals surface area (Å²) < 4.78 is 11.8. The normalized spacial score (nSPS) is 24.0. The number of rotatable bonds is 9. The van der Waals surface area contributed by atoms with Crippen LogP contribution in [0.3, 0.4) is 0 Å². The first-order valence-electron chi connectivity index (χ1n) is 13.2. The van der Waals surface area contributed by atoms with E-state index < -0.39 is 12.6 Å². The van der Waals surface area contributed by atoms with E-state index in [1.54, 1.807) is 7.11 Å². The average Bonchev–Trinajstić information content (AvgIpc) is 2.84. The van der Waals surface area contributed by atoms with Crippen molar-refractivity contribution in [2.45, 2.75) is 71.1 Å². The summed E-state index contributed by atoms with van der Waals surface area (Å²) in [6.07, 6.45) is 5.83. The zero-order valence-electron chi connectivity index (χ0n) is 22.2. The summed E-state index contributed by atoms with van der Waals surface area (Å²) in [5, 5.41) is 24.9. The zero-order chi connectivity index (χ0) is 25.7. The van der Waals surface area contributed by atoms with Crippen LogP contribution in [0.4, 0.5) is 0 Å². The molecular formula is C28H43N3O5. The Morgan fingerprint density at radius 3 is 2.31 bits per heavy atom. The van der Waals surface area contributed by atoms with Gasteiger partial charge in [-0.15, -0.1) is 0 Å². The fourth-order valence-corrected chi connectivity index (χ4v) is 5.19. The van der Waals surface area contributed by atoms with Gasteiger partial charge in [0.2, 0.25) is 6.41 Å². The number of aliphatic hydroxyl groups excluding tert-OH is 2. The van der Waals surface area contributed by atoms with Crippen LogP contribution in [0, 0.1) is 11.8 Å². The number of likely N-dealkylation sites (tertiary alicyclic amines) is 2. The first kappa shape index (κ1) is 27.1. The maximum absolute atomic E-state index is 10.7. The minimum atomic E-state index is -0.842. The fraction of sp³-hybridized carbons (Fsp3) is 0.679. The molecule has 1 aromatic rings. The predicted molar refractivity (Wildman–Crippen MR) is 140 cm³/mol. The molecule has 2 heterocycles. The third kappa shape index (κ3) is 7.29. The number of allylic oxidation sites excluding steroid dienone is 2. The van der Waals surface area contributed by atoms with E-state index in [2.05, 4.69) is 40.4 Å². The van der Waals surface area contributed by atoms with Gasteiger partial charge in [0.05, 0.1) is 17.9 Å². The molecular weight excluding hydrogens is 458 g/mol. The van der Waals surface area contributed by atoms with Crippen molar-refractivity contribution in [2.24, 2.45) is 17.0 Å². The van der Waals surface area contributed by atoms with Crippen LogP contribution in [0.1, 0.15) is 58.4 Å². The van der Waals surface area contributed by atoms with Crippen LogP contribution in [-0.4, -0.2) is 83.9 Å². The van der Waals surface area contributed by atoms with Crippen molar-refractivity contribution in [3.63, 3.8) is 0 Å². The number of piperidine rings is 1. The molecule has 3 atom stereocenters. The van der Waals surface area contributed by atoms with Crippen LogP contribution < -0.4 is 4.74 Å². The lowest BCUT2D eigenvalue weighted by Crippen LogP contribution is -2.55. The molecule has 1 aromatic carbocycles. The maximum atomic E-state index is 10.7. The minimum Gasteiger partial charge on any atom is -0.493 e. The van der Waals surface area contributed by atoms with Crippen LogP contribution in [0.2, 0.25) is 0 Å². The van der Waals surface area contributed by atoms with Gasteiger partial charge in [-0.3, -0.25) is 9.80 Å². The van der Waals surface area contributed by atoms with Gasteiger partial charge in [0.1, 0.15) is 19.1 Å². The van der Waals surface area contributed by atoms with E-state index in [0.717, 1.165) is 56.7 Å². The molecule has 3 aliphatic rings. The van der Waals surface area contributed by atoms with Gasteiger partial charge >= 0.3 is 0 Å². The van der Waals surface area contributed by atoms with E-state index in [9.17, 15) is 10.2 Å². The fourth-order valence-electron chi connectivity index (χ4n) is 5.19. The molecule has 0 amide bonds. The number of nitrogens with zero attached hydrogens (tertiary/aromatic N) is 3. The Labute approximate surface area is 215 Å². The Hall–Kier alpha value is -1.97. The molecule has 8 nitrogen and oxygen atoms in total. The molecule has 0 spiro atoms. The van der Waals surface area contributed by atoms with E-state index in [0.29, 0.717) is 25.6 Å². The molecule has 0 aromatic heterocycles. The summed E-state index contributed by atoms with van der Waals surface area (Å²) in [6, 6.07) is 8.40. The molecule has 0 saturated carbocycles. The van der Waals surface area contributed by atoms with Crippen molar-refractivity contribution >= 4 is 11.3 Å². The minimum absolute atomic E-state index is 0.257. The Bertz CT molecular complexity index is 895. The van der Waals surface area contributed by atoms with Crippen molar-refractivity contribution in [3.05, 3.63) is 35.9 Å². The third-order valence-corrected chi connectivity index (χ3v) is 7.37. The molecule has 200 valence electrons. The van der Waals surface area contributed by atoms with Crippen molar-refractivity contribution in [1.29, 1.82) is 0 Å². The highest BCUT2D eigenvalue weighted by molar-refractivity contribution is 5.92. The lowest BCUT2D eigenvalue weighted by Gasteiger charge is -2.40. The van der Waals surface area contributed by atoms with Gasteiger partial charge in [-0.2, -0.15) is 0 Å². The molecule has 3 unspecified atom stereocenters. The number of benzene rings is 1. The lowest BCUT2D eigenvalue weighted by molar-refractivity contribution is -0.243. The van der Waals surface area contributed by atoms with Crippen LogP contribution in [0.15, 0.2) is 35.5 Å². The molecule has 4 rings (SSSR count). The van der Waals surface area contributed by atoms with Crippen LogP contribution in [-0.2, 0) is 9.57 Å². The molecule has 1 aliphatic carbocycles. The number of hydrogen-bond acceptors (Lipinski definition) is 8. The van der Waals surface area contributed by atoms with Crippen molar-refractivity contribution < 1.29 is 24.5 Å². The van der Waals surface area contributed by atoms with Crippen LogP contribution in [0.5, 0.6) is 5.75 Å². The summed E-state index contributed by atoms with van der Waals surface area (Å²) in [5.74, 6) is 1.64. The second-order valence-corrected chi connectivity index (χ2v) is 11.3. The SMILES string of the molecule is CON=C1CN(C(O)C2CC=C(c3ccc(OCC4CCN(C(O)OC(C)(C)C)CC4)cc3)CC2)C1. The Balaban J connectivity index is 1.18. The maximum Gasteiger partial charge on any atom is 0.216 e. The van der Waals surface area contributed by atoms with E-state index >= 15 is 0 Å². The van der Waals surface area contributed by atoms with Gasteiger partial charge in [-0.05, 0) is 82.1 Å². The Morgan fingerprint density at radius 1 is 1.03 bits per heavy atom. The molecule has 2 aliphatic heterocycles. The van der Waals surface area contributed by atoms with Crippen LogP contribution >= 0.6 is 0 Å². The molecule has 8 heteroatoms. The highest BCUT2D eigenvalue weighted by Gasteiger charge is 2.34. The van der Waals surface area contributed by atoms with Gasteiger partial charge in [0.25, 0.3) is 0 Å². The smallest absolute Gasteiger partial charge is 0.216 e. The zero-order valence-corrected chi connectivity index (χ0v) is 22.2. The number of aliphatic hydroxyl groups is 2. The number of ether oxygens (including phenoxy) is 2. The largest absolute Gasteiger partial charge is 0.493 e. The lowest BCUT2D eigenvalue weighted by atomic mass is 9.84. The number of hydrogen-bond donors (Lipinski definition) is 2. The first-order valence-corrected chi connectivity index (χ1v) is 13.2. The third-order valence-electron chi connectivity index (χ3n) is 7.37. The second-order valence-electron chi connectivity index (χ2n) is 11.3. The quantitative estimate of drug-likeness (QED) is 0.394. The predicted octanol–water partition coefficient (Wildman–Crippen LogP) is 3.69. The summed E-state index contributed by atoms with van der Waals surface area (Å²) in [7, 11) is 1.56. The first-order chi connectivity index (χ1) is 17.2. The van der Waals surface area contributed by atoms with Gasteiger partial charge in [0.15, 0.2) is 0 Å². The Kier molecular flexibility index (Phi) is 9.06. The van der Waals surface area contributed by atoms with Gasteiger partial charge in [-0.25, -0.2) is 0 Å². The summed E-state index contributed by atoms with van der Waals surface area (Å²) in [6.45, 7) is 9.57. The van der Waals surface area contributed by atoms with Crippen molar-refractivity contribution in [1.82, 2.24) is 9.80 Å². The molecule has 36 heavy (non-hydrogen) atoms. The van der Waals surface area contributed by atoms with Crippen LogP contribution in [0.25, 0.3) is 5.57 Å². The van der Waals surface area contributed by atoms with E-state index in [1.807, 2.05) is 25.7 Å². The van der Waals surface area contributed by atoms with E-state index in [-0.39, 0.29) is 11.5 Å².